The largest absolute Gasteiger partial charge is 0.289 e. The van der Waals surface area contributed by atoms with Crippen molar-refractivity contribution in [1.82, 2.24) is 0 Å². The maximum absolute atomic E-state index is 13.4. The van der Waals surface area contributed by atoms with Crippen molar-refractivity contribution in [3.8, 4) is 0 Å². The molecule has 2 aromatic rings. The first kappa shape index (κ1) is 17.2. The molecular weight excluding hydrogens is 386 g/mol. The Labute approximate surface area is 173 Å². The van der Waals surface area contributed by atoms with E-state index in [4.69, 9.17) is 11.6 Å². The van der Waals surface area contributed by atoms with Gasteiger partial charge in [-0.2, -0.15) is 0 Å². The molecule has 3 fully saturated rings. The fraction of sp³-hybridized carbons (Fsp3) is 0.292. The van der Waals surface area contributed by atoms with Gasteiger partial charge in [-0.05, 0) is 48.3 Å². The van der Waals surface area contributed by atoms with Crippen LogP contribution < -0.4 is 4.90 Å². The van der Waals surface area contributed by atoms with E-state index < -0.39 is 0 Å². The highest BCUT2D eigenvalue weighted by Gasteiger charge is 2.67. The van der Waals surface area contributed by atoms with Crippen LogP contribution in [0.5, 0.6) is 0 Å². The molecule has 1 heterocycles. The van der Waals surface area contributed by atoms with E-state index in [9.17, 15) is 14.4 Å². The summed E-state index contributed by atoms with van der Waals surface area (Å²) in [6, 6.07) is 13.7. The molecule has 1 aliphatic heterocycles. The SMILES string of the molecule is O=C(c1ccccc1)c1cc(Cl)ccc1N1C(=O)[C@H]2[C@@H]3C=C[C@H]([C@H]4C[C@H]34)[C@@H]2C1=O. The lowest BCUT2D eigenvalue weighted by molar-refractivity contribution is -0.124. The van der Waals surface area contributed by atoms with Crippen molar-refractivity contribution in [2.24, 2.45) is 35.5 Å². The summed E-state index contributed by atoms with van der Waals surface area (Å²) < 4.78 is 0. The van der Waals surface area contributed by atoms with Crippen molar-refractivity contribution >= 4 is 34.9 Å². The van der Waals surface area contributed by atoms with Crippen molar-refractivity contribution in [2.45, 2.75) is 6.42 Å². The molecule has 2 saturated carbocycles. The quantitative estimate of drug-likeness (QED) is 0.440. The summed E-state index contributed by atoms with van der Waals surface area (Å²) in [5.41, 5.74) is 1.13. The fourth-order valence-corrected chi connectivity index (χ4v) is 6.00. The highest BCUT2D eigenvalue weighted by atomic mass is 35.5. The number of allylic oxidation sites excluding steroid dienone is 2. The Hall–Kier alpha value is -2.72. The van der Waals surface area contributed by atoms with Gasteiger partial charge in [-0.25, -0.2) is 4.90 Å². The Morgan fingerprint density at radius 3 is 2.14 bits per heavy atom. The molecular formula is C24H18ClNO3. The van der Waals surface area contributed by atoms with E-state index in [-0.39, 0.29) is 46.8 Å². The third kappa shape index (κ3) is 2.29. The standard InChI is InChI=1S/C24H18ClNO3/c25-13-6-9-19(18(10-13)22(27)12-4-2-1-3-5-12)26-23(28)20-14-7-8-15(17-11-16(14)17)21(20)24(26)29/h1-10,14-17,20-21H,11H2/t14-,15-,16-,17-,20+,21+/m1/s1. The predicted molar refractivity (Wildman–Crippen MR) is 109 cm³/mol. The molecule has 0 unspecified atom stereocenters. The highest BCUT2D eigenvalue weighted by Crippen LogP contribution is 2.65. The molecule has 29 heavy (non-hydrogen) atoms. The average Bonchev–Trinajstić information content (AvgIpc) is 3.52. The van der Waals surface area contributed by atoms with Crippen LogP contribution in [0.15, 0.2) is 60.7 Å². The Morgan fingerprint density at radius 1 is 0.897 bits per heavy atom. The van der Waals surface area contributed by atoms with Gasteiger partial charge in [-0.1, -0.05) is 54.1 Å². The number of benzene rings is 2. The van der Waals surface area contributed by atoms with E-state index >= 15 is 0 Å². The smallest absolute Gasteiger partial charge is 0.238 e. The summed E-state index contributed by atoms with van der Waals surface area (Å²) in [5.74, 6) is 0.199. The second kappa shape index (κ2) is 5.90. The van der Waals surface area contributed by atoms with E-state index in [1.54, 1.807) is 42.5 Å². The number of amides is 2. The number of nitrogens with zero attached hydrogens (tertiary/aromatic N) is 1. The summed E-state index contributed by atoms with van der Waals surface area (Å²) in [5, 5.41) is 0.396. The minimum Gasteiger partial charge on any atom is -0.289 e. The molecule has 0 spiro atoms. The summed E-state index contributed by atoms with van der Waals surface area (Å²) in [6.45, 7) is 0. The summed E-state index contributed by atoms with van der Waals surface area (Å²) in [7, 11) is 0. The van der Waals surface area contributed by atoms with Gasteiger partial charge in [0.25, 0.3) is 0 Å². The maximum atomic E-state index is 13.4. The normalized spacial score (nSPS) is 33.6. The Balaban J connectivity index is 1.45. The van der Waals surface area contributed by atoms with Gasteiger partial charge in [0.1, 0.15) is 0 Å². The number of ketones is 1. The van der Waals surface area contributed by atoms with Gasteiger partial charge >= 0.3 is 0 Å². The molecule has 4 aliphatic carbocycles. The van der Waals surface area contributed by atoms with Crippen LogP contribution in [0.2, 0.25) is 5.02 Å². The van der Waals surface area contributed by atoms with E-state index in [0.717, 1.165) is 6.42 Å². The number of anilines is 1. The van der Waals surface area contributed by atoms with Gasteiger partial charge in [0, 0.05) is 16.1 Å². The third-order valence-corrected chi connectivity index (χ3v) is 7.38. The summed E-state index contributed by atoms with van der Waals surface area (Å²) in [6.07, 6.45) is 5.41. The van der Waals surface area contributed by atoms with Gasteiger partial charge in [-0.15, -0.1) is 0 Å². The van der Waals surface area contributed by atoms with Crippen molar-refractivity contribution in [2.75, 3.05) is 4.90 Å². The van der Waals surface area contributed by atoms with Crippen molar-refractivity contribution in [1.29, 1.82) is 0 Å². The van der Waals surface area contributed by atoms with E-state index in [1.165, 1.54) is 4.90 Å². The van der Waals surface area contributed by atoms with Crippen LogP contribution in [-0.4, -0.2) is 17.6 Å². The lowest BCUT2D eigenvalue weighted by Gasteiger charge is -2.37. The molecule has 5 heteroatoms. The number of carbonyl (C=O) groups excluding carboxylic acids is 3. The first-order chi connectivity index (χ1) is 14.1. The number of rotatable bonds is 3. The Bertz CT molecular complexity index is 1070. The van der Waals surface area contributed by atoms with Gasteiger partial charge in [-0.3, -0.25) is 14.4 Å². The first-order valence-electron chi connectivity index (χ1n) is 10.0. The molecule has 1 saturated heterocycles. The molecule has 2 amide bonds. The van der Waals surface area contributed by atoms with E-state index in [0.29, 0.717) is 28.1 Å². The first-order valence-corrected chi connectivity index (χ1v) is 10.4. The van der Waals surface area contributed by atoms with Crippen LogP contribution in [0.4, 0.5) is 5.69 Å². The molecule has 2 aromatic carbocycles. The van der Waals surface area contributed by atoms with Crippen LogP contribution in [0.3, 0.4) is 0 Å². The summed E-state index contributed by atoms with van der Waals surface area (Å²) in [4.78, 5) is 41.3. The molecule has 0 aromatic heterocycles. The monoisotopic (exact) mass is 403 g/mol. The van der Waals surface area contributed by atoms with E-state index in [1.807, 2.05) is 6.07 Å². The van der Waals surface area contributed by atoms with Crippen molar-refractivity contribution in [3.63, 3.8) is 0 Å². The number of hydrogen-bond donors (Lipinski definition) is 0. The lowest BCUT2D eigenvalue weighted by atomic mass is 9.63. The molecule has 2 bridgehead atoms. The zero-order valence-corrected chi connectivity index (χ0v) is 16.3. The molecule has 0 N–H and O–H groups in total. The molecule has 5 aliphatic rings. The zero-order chi connectivity index (χ0) is 19.9. The highest BCUT2D eigenvalue weighted by molar-refractivity contribution is 6.32. The number of halogens is 1. The molecule has 4 nitrogen and oxygen atoms in total. The number of carbonyl (C=O) groups is 3. The summed E-state index contributed by atoms with van der Waals surface area (Å²) >= 11 is 6.18. The van der Waals surface area contributed by atoms with Gasteiger partial charge in [0.15, 0.2) is 5.78 Å². The van der Waals surface area contributed by atoms with Crippen molar-refractivity contribution in [3.05, 3.63) is 76.8 Å². The van der Waals surface area contributed by atoms with Crippen LogP contribution in [0.1, 0.15) is 22.3 Å². The lowest BCUT2D eigenvalue weighted by Crippen LogP contribution is -2.40. The minimum atomic E-state index is -0.295. The third-order valence-electron chi connectivity index (χ3n) is 7.14. The van der Waals surface area contributed by atoms with Gasteiger partial charge in [0.05, 0.1) is 17.5 Å². The number of imide groups is 1. The molecule has 144 valence electrons. The second-order valence-electron chi connectivity index (χ2n) is 8.52. The molecule has 6 atom stereocenters. The van der Waals surface area contributed by atoms with Gasteiger partial charge in [0.2, 0.25) is 11.8 Å². The van der Waals surface area contributed by atoms with Crippen LogP contribution in [-0.2, 0) is 9.59 Å². The zero-order valence-electron chi connectivity index (χ0n) is 15.5. The minimum absolute atomic E-state index is 0.150. The van der Waals surface area contributed by atoms with Crippen molar-refractivity contribution < 1.29 is 14.4 Å². The topological polar surface area (TPSA) is 54.5 Å². The average molecular weight is 404 g/mol. The molecule has 0 radical (unpaired) electrons. The Kier molecular flexibility index (Phi) is 3.49. The Morgan fingerprint density at radius 2 is 1.52 bits per heavy atom. The second-order valence-corrected chi connectivity index (χ2v) is 8.96. The van der Waals surface area contributed by atoms with Crippen LogP contribution in [0.25, 0.3) is 0 Å². The predicted octanol–water partition coefficient (Wildman–Crippen LogP) is 4.13. The maximum Gasteiger partial charge on any atom is 0.238 e. The van der Waals surface area contributed by atoms with Crippen LogP contribution in [0, 0.1) is 35.5 Å². The van der Waals surface area contributed by atoms with E-state index in [2.05, 4.69) is 12.2 Å². The number of hydrogen-bond acceptors (Lipinski definition) is 3. The van der Waals surface area contributed by atoms with Gasteiger partial charge < -0.3 is 0 Å². The fourth-order valence-electron chi connectivity index (χ4n) is 5.82. The molecule has 7 rings (SSSR count). The van der Waals surface area contributed by atoms with Crippen LogP contribution >= 0.6 is 11.6 Å².